The van der Waals surface area contributed by atoms with Gasteiger partial charge in [0, 0.05) is 29.2 Å². The van der Waals surface area contributed by atoms with Gasteiger partial charge in [0.05, 0.1) is 6.04 Å². The van der Waals surface area contributed by atoms with Crippen molar-refractivity contribution in [2.45, 2.75) is 50.6 Å². The number of carbonyl (C=O) groups is 1. The van der Waals surface area contributed by atoms with Crippen molar-refractivity contribution < 1.29 is 13.9 Å². The minimum Gasteiger partial charge on any atom is -0.492 e. The van der Waals surface area contributed by atoms with Gasteiger partial charge < -0.3 is 19.9 Å². The highest BCUT2D eigenvalue weighted by molar-refractivity contribution is 6.31. The Labute approximate surface area is 218 Å². The largest absolute Gasteiger partial charge is 0.492 e. The van der Waals surface area contributed by atoms with E-state index in [-0.39, 0.29) is 24.1 Å². The maximum absolute atomic E-state index is 14.3. The van der Waals surface area contributed by atoms with E-state index in [4.69, 9.17) is 27.9 Å². The summed E-state index contributed by atoms with van der Waals surface area (Å²) in [6.45, 7) is 4.03. The highest BCUT2D eigenvalue weighted by Crippen LogP contribution is 2.36. The van der Waals surface area contributed by atoms with Crippen LogP contribution in [0.2, 0.25) is 10.0 Å². The molecular weight excluding hydrogens is 488 g/mol. The number of nitrogens with one attached hydrogen (secondary N) is 1. The molecule has 1 amide bonds. The number of nitrogens with zero attached hydrogens (tertiary/aromatic N) is 2. The molecule has 1 saturated heterocycles. The molecule has 2 atom stereocenters. The molecule has 0 spiro atoms. The first-order valence-corrected chi connectivity index (χ1v) is 13.0. The van der Waals surface area contributed by atoms with Crippen molar-refractivity contribution in [3.05, 3.63) is 63.4 Å². The molecule has 0 aromatic heterocycles. The molecule has 1 aliphatic heterocycles. The average molecular weight is 525 g/mol. The van der Waals surface area contributed by atoms with Crippen LogP contribution in [0.25, 0.3) is 0 Å². The molecule has 1 heterocycles. The maximum Gasteiger partial charge on any atom is 0.240 e. The maximum atomic E-state index is 14.3. The number of halogens is 3. The van der Waals surface area contributed by atoms with Gasteiger partial charge in [0.1, 0.15) is 18.2 Å². The Morgan fingerprint density at radius 1 is 1.17 bits per heavy atom. The standard InChI is InChI=1S/C27H36Cl2FN3O2/c1-5-22(32(3)4)17-35-26-16-21(29)8-9-23(26)18-10-12-33(13-11-18)27(34)25(31-2)14-19-6-7-20(28)15-24(19)30/h6-9,15-16,18,22,25,31H,5,10-14,17H2,1-4H3/t22-,25+/m0/s1. The van der Waals surface area contributed by atoms with Crippen molar-refractivity contribution >= 4 is 29.1 Å². The van der Waals surface area contributed by atoms with Crippen LogP contribution < -0.4 is 10.1 Å². The van der Waals surface area contributed by atoms with E-state index in [1.165, 1.54) is 6.07 Å². The minimum atomic E-state index is -0.492. The lowest BCUT2D eigenvalue weighted by molar-refractivity contribution is -0.134. The molecule has 2 aromatic carbocycles. The van der Waals surface area contributed by atoms with Gasteiger partial charge in [-0.3, -0.25) is 4.79 Å². The van der Waals surface area contributed by atoms with Crippen LogP contribution in [0.1, 0.15) is 43.2 Å². The van der Waals surface area contributed by atoms with Gasteiger partial charge in [0.25, 0.3) is 0 Å². The molecule has 0 unspecified atom stereocenters. The third-order valence-electron chi connectivity index (χ3n) is 6.94. The van der Waals surface area contributed by atoms with Gasteiger partial charge in [-0.1, -0.05) is 42.3 Å². The molecule has 1 N–H and O–H groups in total. The van der Waals surface area contributed by atoms with E-state index < -0.39 is 6.04 Å². The Morgan fingerprint density at radius 3 is 2.43 bits per heavy atom. The van der Waals surface area contributed by atoms with Gasteiger partial charge in [-0.2, -0.15) is 0 Å². The molecule has 8 heteroatoms. The molecule has 0 radical (unpaired) electrons. The van der Waals surface area contributed by atoms with Crippen molar-refractivity contribution in [2.24, 2.45) is 0 Å². The molecule has 0 bridgehead atoms. The van der Waals surface area contributed by atoms with Gasteiger partial charge in [-0.05, 0) is 88.1 Å². The summed E-state index contributed by atoms with van der Waals surface area (Å²) in [5, 5.41) is 4.06. The van der Waals surface area contributed by atoms with Crippen LogP contribution in [0.4, 0.5) is 4.39 Å². The molecule has 5 nitrogen and oxygen atoms in total. The summed E-state index contributed by atoms with van der Waals surface area (Å²) in [6.07, 6.45) is 2.94. The summed E-state index contributed by atoms with van der Waals surface area (Å²) in [4.78, 5) is 17.3. The third-order valence-corrected chi connectivity index (χ3v) is 7.41. The lowest BCUT2D eigenvalue weighted by atomic mass is 9.88. The number of amides is 1. The number of piperidine rings is 1. The van der Waals surface area contributed by atoms with Crippen LogP contribution in [0.5, 0.6) is 5.75 Å². The summed E-state index contributed by atoms with van der Waals surface area (Å²) in [5.74, 6) is 0.713. The van der Waals surface area contributed by atoms with E-state index in [1.54, 1.807) is 19.2 Å². The normalized spacial score (nSPS) is 16.4. The molecule has 35 heavy (non-hydrogen) atoms. The van der Waals surface area contributed by atoms with Crippen LogP contribution in [0.15, 0.2) is 36.4 Å². The van der Waals surface area contributed by atoms with E-state index in [9.17, 15) is 9.18 Å². The Balaban J connectivity index is 1.64. The van der Waals surface area contributed by atoms with E-state index >= 15 is 0 Å². The second kappa shape index (κ2) is 12.9. The van der Waals surface area contributed by atoms with E-state index in [1.807, 2.05) is 17.0 Å². The Kier molecular flexibility index (Phi) is 10.2. The van der Waals surface area contributed by atoms with Gasteiger partial charge in [0.2, 0.25) is 5.91 Å². The number of likely N-dealkylation sites (tertiary alicyclic amines) is 1. The second-order valence-electron chi connectivity index (χ2n) is 9.40. The molecule has 192 valence electrons. The second-order valence-corrected chi connectivity index (χ2v) is 10.3. The first-order valence-electron chi connectivity index (χ1n) is 12.2. The van der Waals surface area contributed by atoms with E-state index in [2.05, 4.69) is 37.3 Å². The zero-order chi connectivity index (χ0) is 25.5. The van der Waals surface area contributed by atoms with Gasteiger partial charge in [-0.25, -0.2) is 4.39 Å². The minimum absolute atomic E-state index is 0.00958. The summed E-state index contributed by atoms with van der Waals surface area (Å²) in [6, 6.07) is 10.3. The third kappa shape index (κ3) is 7.32. The topological polar surface area (TPSA) is 44.8 Å². The predicted octanol–water partition coefficient (Wildman–Crippen LogP) is 5.39. The van der Waals surface area contributed by atoms with Crippen molar-refractivity contribution in [3.63, 3.8) is 0 Å². The number of benzene rings is 2. The van der Waals surface area contributed by atoms with Crippen LogP contribution in [-0.2, 0) is 11.2 Å². The highest BCUT2D eigenvalue weighted by atomic mass is 35.5. The van der Waals surface area contributed by atoms with Gasteiger partial charge >= 0.3 is 0 Å². The van der Waals surface area contributed by atoms with Crippen LogP contribution in [-0.4, -0.2) is 68.6 Å². The van der Waals surface area contributed by atoms with Crippen molar-refractivity contribution in [3.8, 4) is 5.75 Å². The number of hydrogen-bond donors (Lipinski definition) is 1. The number of hydrogen-bond acceptors (Lipinski definition) is 4. The molecule has 0 saturated carbocycles. The van der Waals surface area contributed by atoms with Crippen LogP contribution in [0, 0.1) is 5.82 Å². The number of likely N-dealkylation sites (N-methyl/N-ethyl adjacent to an activating group) is 2. The molecule has 3 rings (SSSR count). The van der Waals surface area contributed by atoms with E-state index in [0.717, 1.165) is 30.6 Å². The molecular formula is C27H36Cl2FN3O2. The zero-order valence-electron chi connectivity index (χ0n) is 21.0. The molecule has 1 aliphatic rings. The van der Waals surface area contributed by atoms with Crippen LogP contribution in [0.3, 0.4) is 0 Å². The quantitative estimate of drug-likeness (QED) is 0.453. The average Bonchev–Trinajstić information content (AvgIpc) is 2.83. The van der Waals surface area contributed by atoms with Crippen molar-refractivity contribution in [2.75, 3.05) is 40.8 Å². The summed E-state index contributed by atoms with van der Waals surface area (Å²) in [7, 11) is 5.85. The molecule has 2 aromatic rings. The fourth-order valence-corrected chi connectivity index (χ4v) is 4.96. The van der Waals surface area contributed by atoms with Gasteiger partial charge in [-0.15, -0.1) is 0 Å². The van der Waals surface area contributed by atoms with Gasteiger partial charge in [0.15, 0.2) is 0 Å². The predicted molar refractivity (Wildman–Crippen MR) is 141 cm³/mol. The monoisotopic (exact) mass is 523 g/mol. The SMILES string of the molecule is CC[C@@H](COc1cc(Cl)ccc1C1CCN(C(=O)[C@@H](Cc2ccc(Cl)cc2F)NC)CC1)N(C)C. The number of ether oxygens (including phenoxy) is 1. The molecule has 1 fully saturated rings. The summed E-state index contributed by atoms with van der Waals surface area (Å²) >= 11 is 12.1. The van der Waals surface area contributed by atoms with Crippen molar-refractivity contribution in [1.82, 2.24) is 15.1 Å². The lowest BCUT2D eigenvalue weighted by Gasteiger charge is -2.35. The Morgan fingerprint density at radius 2 is 1.83 bits per heavy atom. The fourth-order valence-electron chi connectivity index (χ4n) is 4.64. The Hall–Kier alpha value is -1.86. The van der Waals surface area contributed by atoms with Crippen LogP contribution >= 0.6 is 23.2 Å². The molecule has 0 aliphatic carbocycles. The summed E-state index contributed by atoms with van der Waals surface area (Å²) in [5.41, 5.74) is 1.62. The smallest absolute Gasteiger partial charge is 0.240 e. The first-order chi connectivity index (χ1) is 16.7. The lowest BCUT2D eigenvalue weighted by Crippen LogP contribution is -2.49. The Bertz CT molecular complexity index is 996. The number of carbonyl (C=O) groups excluding carboxylic acids is 1. The first kappa shape index (κ1) is 27.7. The number of rotatable bonds is 10. The zero-order valence-corrected chi connectivity index (χ0v) is 22.5. The summed E-state index contributed by atoms with van der Waals surface area (Å²) < 4.78 is 20.5. The highest BCUT2D eigenvalue weighted by Gasteiger charge is 2.30. The van der Waals surface area contributed by atoms with Crippen molar-refractivity contribution in [1.29, 1.82) is 0 Å². The van der Waals surface area contributed by atoms with E-state index in [0.29, 0.717) is 41.3 Å². The fraction of sp³-hybridized carbons (Fsp3) is 0.519.